The second kappa shape index (κ2) is 6.96. The maximum absolute atomic E-state index is 10.0. The average Bonchev–Trinajstić information content (AvgIpc) is 3.14. The van der Waals surface area contributed by atoms with Gasteiger partial charge in [0.05, 0.1) is 31.0 Å². The normalized spacial score (nSPS) is 43.1. The van der Waals surface area contributed by atoms with E-state index in [0.29, 0.717) is 12.8 Å². The van der Waals surface area contributed by atoms with Crippen molar-refractivity contribution < 1.29 is 44.5 Å². The average molecular weight is 346 g/mol. The first-order valence-electron chi connectivity index (χ1n) is 7.84. The first kappa shape index (κ1) is 17.6. The molecule has 1 aromatic heterocycles. The molecule has 1 saturated carbocycles. The third-order valence-corrected chi connectivity index (χ3v) is 4.64. The Hall–Kier alpha value is -1.20. The van der Waals surface area contributed by atoms with Crippen molar-refractivity contribution in [2.45, 2.75) is 61.7 Å². The number of hydrogen-bond donors (Lipinski definition) is 6. The van der Waals surface area contributed by atoms with E-state index in [1.807, 2.05) is 0 Å². The van der Waals surface area contributed by atoms with E-state index in [-0.39, 0.29) is 11.5 Å². The highest BCUT2D eigenvalue weighted by atomic mass is 16.7. The number of hydrogen-bond acceptors (Lipinski definition) is 9. The van der Waals surface area contributed by atoms with Crippen LogP contribution in [0.25, 0.3) is 0 Å². The summed E-state index contributed by atoms with van der Waals surface area (Å²) in [7, 11) is 0. The van der Waals surface area contributed by atoms with Crippen molar-refractivity contribution in [3.05, 3.63) is 18.1 Å². The molecule has 2 heterocycles. The maximum atomic E-state index is 10.0. The van der Waals surface area contributed by atoms with Gasteiger partial charge in [0.25, 0.3) is 0 Å². The van der Waals surface area contributed by atoms with Crippen molar-refractivity contribution in [2.24, 2.45) is 0 Å². The third kappa shape index (κ3) is 3.04. The Morgan fingerprint density at radius 2 is 1.67 bits per heavy atom. The highest BCUT2D eigenvalue weighted by Crippen LogP contribution is 2.40. The summed E-state index contributed by atoms with van der Waals surface area (Å²) in [6, 6.07) is 1.44. The molecular formula is C15H22O9. The Morgan fingerprint density at radius 3 is 2.29 bits per heavy atom. The summed E-state index contributed by atoms with van der Waals surface area (Å²) >= 11 is 0. The molecule has 9 heteroatoms. The lowest BCUT2D eigenvalue weighted by Crippen LogP contribution is -2.60. The molecule has 2 fully saturated rings. The zero-order valence-corrected chi connectivity index (χ0v) is 12.8. The van der Waals surface area contributed by atoms with Gasteiger partial charge in [-0.05, 0) is 12.8 Å². The SMILES string of the molecule is OC[C@H]1O[C@@H](Oc2ccoc2C2[C@H](O)CC[C@@H]2O)[C@H](O)[C@@H](O)[C@@H]1O. The maximum Gasteiger partial charge on any atom is 0.229 e. The number of furan rings is 1. The van der Waals surface area contributed by atoms with Crippen LogP contribution in [0.2, 0.25) is 0 Å². The number of aliphatic hydroxyl groups excluding tert-OH is 6. The zero-order valence-electron chi connectivity index (χ0n) is 12.8. The smallest absolute Gasteiger partial charge is 0.229 e. The van der Waals surface area contributed by atoms with Gasteiger partial charge in [0.1, 0.15) is 24.4 Å². The van der Waals surface area contributed by atoms with Crippen molar-refractivity contribution in [1.82, 2.24) is 0 Å². The van der Waals surface area contributed by atoms with Crippen LogP contribution in [0.3, 0.4) is 0 Å². The highest BCUT2D eigenvalue weighted by Gasteiger charge is 2.46. The van der Waals surface area contributed by atoms with Gasteiger partial charge in [-0.25, -0.2) is 0 Å². The van der Waals surface area contributed by atoms with Gasteiger partial charge in [0, 0.05) is 6.07 Å². The van der Waals surface area contributed by atoms with E-state index >= 15 is 0 Å². The van der Waals surface area contributed by atoms with Crippen LogP contribution < -0.4 is 4.74 Å². The van der Waals surface area contributed by atoms with Gasteiger partial charge in [-0.15, -0.1) is 0 Å². The van der Waals surface area contributed by atoms with Crippen LogP contribution in [0.5, 0.6) is 5.75 Å². The molecule has 1 saturated heterocycles. The van der Waals surface area contributed by atoms with Crippen molar-refractivity contribution in [3.8, 4) is 5.75 Å². The lowest BCUT2D eigenvalue weighted by atomic mass is 9.99. The van der Waals surface area contributed by atoms with Crippen LogP contribution >= 0.6 is 0 Å². The first-order chi connectivity index (χ1) is 11.4. The fraction of sp³-hybridized carbons (Fsp3) is 0.733. The molecule has 9 nitrogen and oxygen atoms in total. The number of rotatable bonds is 4. The van der Waals surface area contributed by atoms with Crippen molar-refractivity contribution in [2.75, 3.05) is 6.61 Å². The molecule has 1 aromatic rings. The second-order valence-corrected chi connectivity index (χ2v) is 6.20. The molecule has 136 valence electrons. The van der Waals surface area contributed by atoms with Gasteiger partial charge < -0.3 is 44.5 Å². The Labute approximate surface area is 137 Å². The minimum Gasteiger partial charge on any atom is -0.465 e. The molecule has 0 spiro atoms. The van der Waals surface area contributed by atoms with E-state index in [1.54, 1.807) is 0 Å². The summed E-state index contributed by atoms with van der Waals surface area (Å²) in [6.45, 7) is -0.566. The van der Waals surface area contributed by atoms with E-state index in [9.17, 15) is 30.6 Å². The molecule has 2 aliphatic rings. The molecular weight excluding hydrogens is 324 g/mol. The molecule has 24 heavy (non-hydrogen) atoms. The van der Waals surface area contributed by atoms with Crippen LogP contribution in [0.1, 0.15) is 24.5 Å². The van der Waals surface area contributed by atoms with Gasteiger partial charge in [0.15, 0.2) is 11.5 Å². The summed E-state index contributed by atoms with van der Waals surface area (Å²) in [6.07, 6.45) is -6.45. The van der Waals surface area contributed by atoms with Crippen LogP contribution in [0, 0.1) is 0 Å². The Balaban J connectivity index is 1.78. The molecule has 1 aliphatic heterocycles. The lowest BCUT2D eigenvalue weighted by molar-refractivity contribution is -0.277. The molecule has 3 rings (SSSR count). The molecule has 0 bridgehead atoms. The van der Waals surface area contributed by atoms with Crippen molar-refractivity contribution >= 4 is 0 Å². The molecule has 8 atom stereocenters. The third-order valence-electron chi connectivity index (χ3n) is 4.64. The predicted molar refractivity (Wildman–Crippen MR) is 77.1 cm³/mol. The van der Waals surface area contributed by atoms with E-state index in [2.05, 4.69) is 0 Å². The molecule has 0 radical (unpaired) electrons. The van der Waals surface area contributed by atoms with Crippen LogP contribution in [0.4, 0.5) is 0 Å². The number of ether oxygens (including phenoxy) is 2. The Kier molecular flexibility index (Phi) is 5.11. The van der Waals surface area contributed by atoms with Crippen LogP contribution in [0.15, 0.2) is 16.7 Å². The van der Waals surface area contributed by atoms with Crippen LogP contribution in [-0.2, 0) is 4.74 Å². The monoisotopic (exact) mass is 346 g/mol. The Bertz CT molecular complexity index is 535. The van der Waals surface area contributed by atoms with Gasteiger partial charge in [-0.3, -0.25) is 0 Å². The first-order valence-corrected chi connectivity index (χ1v) is 7.84. The van der Waals surface area contributed by atoms with Gasteiger partial charge >= 0.3 is 0 Å². The van der Waals surface area contributed by atoms with Crippen molar-refractivity contribution in [3.63, 3.8) is 0 Å². The molecule has 0 aromatic carbocycles. The predicted octanol–water partition coefficient (Wildman–Crippen LogP) is -1.94. The number of aliphatic hydroxyl groups is 6. The summed E-state index contributed by atoms with van der Waals surface area (Å²) in [5.41, 5.74) is 0. The minimum absolute atomic E-state index is 0.143. The summed E-state index contributed by atoms with van der Waals surface area (Å²) < 4.78 is 16.1. The van der Waals surface area contributed by atoms with E-state index in [0.717, 1.165) is 0 Å². The van der Waals surface area contributed by atoms with E-state index < -0.39 is 55.4 Å². The van der Waals surface area contributed by atoms with Gasteiger partial charge in [-0.1, -0.05) is 0 Å². The lowest BCUT2D eigenvalue weighted by Gasteiger charge is -2.39. The second-order valence-electron chi connectivity index (χ2n) is 6.20. The van der Waals surface area contributed by atoms with Crippen LogP contribution in [-0.4, -0.2) is 80.2 Å². The quantitative estimate of drug-likeness (QED) is 0.365. The standard InChI is InChI=1S/C15H22O9/c16-5-9-11(19)12(20)13(21)15(24-9)23-8-3-4-22-14(8)10-6(17)1-2-7(10)18/h3-4,6-7,9-13,15-21H,1-2,5H2/t6-,7+,9-,10?,11-,12+,13-,15-/m1/s1. The fourth-order valence-electron chi connectivity index (χ4n) is 3.25. The molecule has 0 amide bonds. The van der Waals surface area contributed by atoms with Gasteiger partial charge in [-0.2, -0.15) is 0 Å². The molecule has 1 aliphatic carbocycles. The van der Waals surface area contributed by atoms with Gasteiger partial charge in [0.2, 0.25) is 6.29 Å². The van der Waals surface area contributed by atoms with E-state index in [1.165, 1.54) is 12.3 Å². The minimum atomic E-state index is -1.56. The zero-order chi connectivity index (χ0) is 17.4. The fourth-order valence-corrected chi connectivity index (χ4v) is 3.25. The summed E-state index contributed by atoms with van der Waals surface area (Å²) in [5.74, 6) is -0.311. The summed E-state index contributed by atoms with van der Waals surface area (Å²) in [5, 5.41) is 58.8. The molecule has 6 N–H and O–H groups in total. The topological polar surface area (TPSA) is 153 Å². The summed E-state index contributed by atoms with van der Waals surface area (Å²) in [4.78, 5) is 0. The van der Waals surface area contributed by atoms with E-state index in [4.69, 9.17) is 13.9 Å². The highest BCUT2D eigenvalue weighted by molar-refractivity contribution is 5.31. The largest absolute Gasteiger partial charge is 0.465 e. The Morgan fingerprint density at radius 1 is 1.00 bits per heavy atom. The molecule has 1 unspecified atom stereocenters. The van der Waals surface area contributed by atoms with Crippen molar-refractivity contribution in [1.29, 1.82) is 0 Å².